The van der Waals surface area contributed by atoms with E-state index in [9.17, 15) is 13.9 Å². The van der Waals surface area contributed by atoms with E-state index in [1.165, 1.54) is 19.3 Å². The predicted molar refractivity (Wildman–Crippen MR) is 91.6 cm³/mol. The Hall–Kier alpha value is -0.860. The van der Waals surface area contributed by atoms with Crippen LogP contribution >= 0.6 is 0 Å². The first-order valence-electron chi connectivity index (χ1n) is 8.60. The molecule has 138 valence electrons. The highest BCUT2D eigenvalue weighted by atomic mass is 32.2. The van der Waals surface area contributed by atoms with Crippen LogP contribution in [0.4, 0.5) is 0 Å². The Morgan fingerprint density at radius 1 is 1.21 bits per heavy atom. The second-order valence-electron chi connectivity index (χ2n) is 5.76. The number of ether oxygens (including phenoxy) is 1. The summed E-state index contributed by atoms with van der Waals surface area (Å²) in [5.74, 6) is 0. The highest BCUT2D eigenvalue weighted by Crippen LogP contribution is 2.18. The van der Waals surface area contributed by atoms with Gasteiger partial charge in [-0.15, -0.1) is 0 Å². The van der Waals surface area contributed by atoms with Gasteiger partial charge < -0.3 is 14.4 Å². The largest absolute Gasteiger partial charge is 0.750 e. The number of unbranched alkanes of at least 4 members (excludes halogenated alkanes) is 4. The zero-order chi connectivity index (χ0) is 17.6. The molecule has 0 aliphatic heterocycles. The highest BCUT2D eigenvalue weighted by Gasteiger charge is 2.15. The molecule has 0 bridgehead atoms. The van der Waals surface area contributed by atoms with Crippen LogP contribution in [-0.2, 0) is 20.3 Å². The van der Waals surface area contributed by atoms with Crippen LogP contribution in [0.1, 0.15) is 70.3 Å². The fourth-order valence-corrected chi connectivity index (χ4v) is 2.68. The van der Waals surface area contributed by atoms with Gasteiger partial charge in [-0.05, 0) is 31.4 Å². The van der Waals surface area contributed by atoms with Gasteiger partial charge in [-0.25, -0.2) is 4.21 Å². The molecule has 6 nitrogen and oxygen atoms in total. The highest BCUT2D eigenvalue weighted by molar-refractivity contribution is 7.74. The van der Waals surface area contributed by atoms with Crippen LogP contribution in [0.25, 0.3) is 0 Å². The fraction of sp³-hybridized carbons (Fsp3) is 0.706. The fourth-order valence-electron chi connectivity index (χ4n) is 2.39. The lowest BCUT2D eigenvalue weighted by molar-refractivity contribution is -0.0860. The Bertz CT molecular complexity index is 446. The number of aromatic nitrogens is 1. The molecule has 0 saturated carbocycles. The van der Waals surface area contributed by atoms with Crippen molar-refractivity contribution in [3.05, 3.63) is 30.1 Å². The third kappa shape index (κ3) is 10.1. The van der Waals surface area contributed by atoms with Gasteiger partial charge >= 0.3 is 0 Å². The SMILES string of the molecule is CCCCCCCC(O)CCCOC(OS(=O)[O-])c1ccccn1. The van der Waals surface area contributed by atoms with Gasteiger partial charge in [-0.2, -0.15) is 0 Å². The van der Waals surface area contributed by atoms with Gasteiger partial charge in [0.2, 0.25) is 6.29 Å². The monoisotopic (exact) mass is 358 g/mol. The number of hydrogen-bond acceptors (Lipinski definition) is 6. The topological polar surface area (TPSA) is 91.7 Å². The Morgan fingerprint density at radius 3 is 2.62 bits per heavy atom. The van der Waals surface area contributed by atoms with Crippen LogP contribution in [0.2, 0.25) is 0 Å². The average Bonchev–Trinajstić information content (AvgIpc) is 2.58. The van der Waals surface area contributed by atoms with E-state index >= 15 is 0 Å². The first kappa shape index (κ1) is 21.2. The van der Waals surface area contributed by atoms with Gasteiger partial charge in [-0.1, -0.05) is 45.1 Å². The van der Waals surface area contributed by atoms with Crippen molar-refractivity contribution < 1.29 is 22.8 Å². The molecule has 3 unspecified atom stereocenters. The van der Waals surface area contributed by atoms with Crippen molar-refractivity contribution >= 4 is 11.4 Å². The summed E-state index contributed by atoms with van der Waals surface area (Å²) in [7, 11) is 0. The molecule has 0 aromatic carbocycles. The molecule has 0 aliphatic carbocycles. The van der Waals surface area contributed by atoms with Crippen molar-refractivity contribution in [2.75, 3.05) is 6.61 Å². The lowest BCUT2D eigenvalue weighted by Crippen LogP contribution is -2.14. The first-order valence-corrected chi connectivity index (χ1v) is 9.60. The standard InChI is InChI=1S/C17H29NO5S/c1-2-3-4-5-6-10-15(19)11-9-14-22-17(23-24(20)21)16-12-7-8-13-18-16/h7-8,12-13,15,17,19H,2-6,9-11,14H2,1H3,(H,20,21)/p-1. The molecule has 7 heteroatoms. The van der Waals surface area contributed by atoms with Gasteiger partial charge in [0.05, 0.1) is 29.8 Å². The number of aliphatic hydroxyl groups is 1. The van der Waals surface area contributed by atoms with E-state index < -0.39 is 17.7 Å². The summed E-state index contributed by atoms with van der Waals surface area (Å²) in [6.45, 7) is 2.48. The van der Waals surface area contributed by atoms with Crippen molar-refractivity contribution in [2.24, 2.45) is 0 Å². The molecule has 0 amide bonds. The normalized spacial score (nSPS) is 15.1. The Labute approximate surface area is 147 Å². The maximum atomic E-state index is 10.7. The summed E-state index contributed by atoms with van der Waals surface area (Å²) in [6, 6.07) is 5.10. The van der Waals surface area contributed by atoms with Crippen LogP contribution in [-0.4, -0.2) is 31.6 Å². The van der Waals surface area contributed by atoms with Crippen LogP contribution in [0.15, 0.2) is 24.4 Å². The summed E-state index contributed by atoms with van der Waals surface area (Å²) < 4.78 is 31.7. The van der Waals surface area contributed by atoms with Crippen molar-refractivity contribution in [2.45, 2.75) is 70.7 Å². The van der Waals surface area contributed by atoms with E-state index in [0.29, 0.717) is 25.1 Å². The third-order valence-electron chi connectivity index (χ3n) is 3.69. The van der Waals surface area contributed by atoms with Gasteiger partial charge in [0.25, 0.3) is 0 Å². The minimum Gasteiger partial charge on any atom is -0.750 e. The van der Waals surface area contributed by atoms with E-state index in [0.717, 1.165) is 19.3 Å². The molecule has 3 atom stereocenters. The third-order valence-corrected chi connectivity index (χ3v) is 4.02. The summed E-state index contributed by atoms with van der Waals surface area (Å²) in [5.41, 5.74) is 0.401. The van der Waals surface area contributed by atoms with Crippen molar-refractivity contribution in [1.82, 2.24) is 4.98 Å². The Balaban J connectivity index is 2.21. The molecule has 0 saturated heterocycles. The lowest BCUT2D eigenvalue weighted by Gasteiger charge is -2.19. The zero-order valence-corrected chi connectivity index (χ0v) is 15.1. The van der Waals surface area contributed by atoms with E-state index in [4.69, 9.17) is 8.92 Å². The maximum absolute atomic E-state index is 10.7. The van der Waals surface area contributed by atoms with Gasteiger partial charge in [-0.3, -0.25) is 9.17 Å². The number of aliphatic hydroxyl groups excluding tert-OH is 1. The second kappa shape index (κ2) is 13.4. The molecule has 0 fully saturated rings. The zero-order valence-electron chi connectivity index (χ0n) is 14.3. The van der Waals surface area contributed by atoms with Gasteiger partial charge in [0, 0.05) is 6.20 Å². The molecule has 1 heterocycles. The van der Waals surface area contributed by atoms with Gasteiger partial charge in [0.15, 0.2) is 0 Å². The maximum Gasteiger partial charge on any atom is 0.215 e. The second-order valence-corrected chi connectivity index (χ2v) is 6.36. The number of nitrogens with zero attached hydrogens (tertiary/aromatic N) is 1. The molecule has 24 heavy (non-hydrogen) atoms. The molecular weight excluding hydrogens is 330 g/mol. The smallest absolute Gasteiger partial charge is 0.215 e. The summed E-state index contributed by atoms with van der Waals surface area (Å²) >= 11 is -2.68. The molecule has 0 spiro atoms. The molecule has 0 radical (unpaired) electrons. The molecule has 1 aromatic heterocycles. The molecular formula is C17H28NO5S-. The van der Waals surface area contributed by atoms with Crippen molar-refractivity contribution in [3.8, 4) is 0 Å². The van der Waals surface area contributed by atoms with Crippen molar-refractivity contribution in [1.29, 1.82) is 0 Å². The molecule has 1 rings (SSSR count). The number of pyridine rings is 1. The molecule has 0 aliphatic rings. The van der Waals surface area contributed by atoms with Crippen molar-refractivity contribution in [3.63, 3.8) is 0 Å². The minimum absolute atomic E-state index is 0.297. The lowest BCUT2D eigenvalue weighted by atomic mass is 10.1. The molecule has 1 N–H and O–H groups in total. The Kier molecular flexibility index (Phi) is 11.9. The number of hydrogen-bond donors (Lipinski definition) is 1. The quantitative estimate of drug-likeness (QED) is 0.311. The van der Waals surface area contributed by atoms with Crippen LogP contribution in [0.5, 0.6) is 0 Å². The summed E-state index contributed by atoms with van der Waals surface area (Å²) in [5, 5.41) is 9.94. The van der Waals surface area contributed by atoms with Gasteiger partial charge in [0.1, 0.15) is 0 Å². The van der Waals surface area contributed by atoms with Crippen LogP contribution in [0, 0.1) is 0 Å². The van der Waals surface area contributed by atoms with E-state index in [2.05, 4.69) is 11.9 Å². The minimum atomic E-state index is -2.68. The van der Waals surface area contributed by atoms with E-state index in [-0.39, 0.29) is 6.10 Å². The predicted octanol–water partition coefficient (Wildman–Crippen LogP) is 3.41. The number of rotatable bonds is 14. The van der Waals surface area contributed by atoms with Crippen LogP contribution < -0.4 is 0 Å². The first-order chi connectivity index (χ1) is 11.6. The Morgan fingerprint density at radius 2 is 1.96 bits per heavy atom. The summed E-state index contributed by atoms with van der Waals surface area (Å²) in [4.78, 5) is 4.04. The molecule has 1 aromatic rings. The summed E-state index contributed by atoms with van der Waals surface area (Å²) in [6.07, 6.45) is 8.11. The van der Waals surface area contributed by atoms with Crippen LogP contribution in [0.3, 0.4) is 0 Å². The average molecular weight is 358 g/mol. The van der Waals surface area contributed by atoms with E-state index in [1.54, 1.807) is 24.4 Å². The van der Waals surface area contributed by atoms with E-state index in [1.807, 2.05) is 0 Å².